The van der Waals surface area contributed by atoms with Gasteiger partial charge in [-0.2, -0.15) is 0 Å². The van der Waals surface area contributed by atoms with Gasteiger partial charge in [-0.1, -0.05) is 18.2 Å². The van der Waals surface area contributed by atoms with Gasteiger partial charge in [0, 0.05) is 23.5 Å². The number of hydrogen-bond donors (Lipinski definition) is 11. The molecule has 2 aliphatic heterocycles. The van der Waals surface area contributed by atoms with E-state index in [4.69, 9.17) is 30.2 Å². The van der Waals surface area contributed by atoms with Crippen molar-refractivity contribution >= 4 is 16.9 Å². The van der Waals surface area contributed by atoms with Crippen LogP contribution >= 0.6 is 0 Å². The smallest absolute Gasteiger partial charge is 0.320 e. The van der Waals surface area contributed by atoms with Crippen molar-refractivity contribution in [3.63, 3.8) is 0 Å². The van der Waals surface area contributed by atoms with E-state index in [0.29, 0.717) is 6.42 Å². The molecular weight excluding hydrogens is 512 g/mol. The highest BCUT2D eigenvalue weighted by Crippen LogP contribution is 2.28. The van der Waals surface area contributed by atoms with E-state index in [1.54, 1.807) is 0 Å². The lowest BCUT2D eigenvalue weighted by atomic mass is 9.97. The van der Waals surface area contributed by atoms with Gasteiger partial charge in [0.05, 0.1) is 13.2 Å². The Hall–Kier alpha value is -2.25. The number of aromatic nitrogens is 1. The van der Waals surface area contributed by atoms with Crippen molar-refractivity contribution in [2.45, 2.75) is 73.9 Å². The van der Waals surface area contributed by atoms with Crippen molar-refractivity contribution < 1.29 is 65.0 Å². The van der Waals surface area contributed by atoms with Crippen LogP contribution < -0.4 is 5.73 Å². The van der Waals surface area contributed by atoms with Crippen LogP contribution in [0.15, 0.2) is 30.5 Å². The quantitative estimate of drug-likeness (QED) is 0.157. The first-order valence-corrected chi connectivity index (χ1v) is 11.8. The molecule has 0 saturated carbocycles. The monoisotopic (exact) mass is 546 g/mol. The molecule has 2 fully saturated rings. The summed E-state index contributed by atoms with van der Waals surface area (Å²) in [5.41, 5.74) is 7.43. The third-order valence-corrected chi connectivity index (χ3v) is 6.41. The number of fused-ring (bicyclic) bond motifs is 1. The summed E-state index contributed by atoms with van der Waals surface area (Å²) < 4.78 is 15.3. The number of H-pyrrole nitrogens is 1. The zero-order chi connectivity index (χ0) is 28.1. The first-order chi connectivity index (χ1) is 18.0. The van der Waals surface area contributed by atoms with E-state index in [9.17, 15) is 40.5 Å². The van der Waals surface area contributed by atoms with E-state index in [1.807, 2.05) is 30.5 Å². The molecule has 2 aromatic rings. The number of nitrogens with one attached hydrogen (secondary N) is 1. The second-order valence-electron chi connectivity index (χ2n) is 9.04. The number of benzene rings is 1. The fraction of sp³-hybridized carbons (Fsp3) is 0.609. The Morgan fingerprint density at radius 3 is 2.21 bits per heavy atom. The van der Waals surface area contributed by atoms with Crippen LogP contribution in [0.1, 0.15) is 5.56 Å². The van der Waals surface area contributed by atoms with Gasteiger partial charge in [-0.05, 0) is 11.6 Å². The second-order valence-corrected chi connectivity index (χ2v) is 9.04. The minimum Gasteiger partial charge on any atom is -0.480 e. The largest absolute Gasteiger partial charge is 0.480 e. The zero-order valence-electron chi connectivity index (χ0n) is 20.1. The topological polar surface area (TPSA) is 269 Å². The SMILES string of the molecule is NC(Cc1c[nH]c2ccccc12)C(=O)O.OC[C@H]1O[C@@H](O[C@H]2[C@H](O)C(O)C(O)O[C@@H]2CO)[C@H](O)[C@@H](O)[C@H]1O. The van der Waals surface area contributed by atoms with Gasteiger partial charge in [-0.25, -0.2) is 0 Å². The van der Waals surface area contributed by atoms with Gasteiger partial charge in [0.2, 0.25) is 0 Å². The zero-order valence-corrected chi connectivity index (χ0v) is 20.1. The van der Waals surface area contributed by atoms with E-state index in [2.05, 4.69) is 4.98 Å². The number of aliphatic hydroxyl groups is 8. The van der Waals surface area contributed by atoms with Crippen molar-refractivity contribution in [1.82, 2.24) is 4.98 Å². The molecule has 3 heterocycles. The molecule has 0 spiro atoms. The summed E-state index contributed by atoms with van der Waals surface area (Å²) in [4.78, 5) is 13.7. The fourth-order valence-corrected chi connectivity index (χ4v) is 4.19. The summed E-state index contributed by atoms with van der Waals surface area (Å²) in [6.45, 7) is -1.35. The standard InChI is InChI=1S/C12H22O11.C11H12N2O2/c13-1-3-5(15)6(16)9(19)12(22-3)23-10-4(2-14)21-11(20)8(18)7(10)17;12-9(11(14)15)5-7-6-13-10-4-2-1-3-8(7)10/h3-20H,1-2H2;1-4,6,9,13H,5,12H2,(H,14,15)/t3-,4-,5+,6+,7-,8?,9-,10-,11?,12+;/m1./s1. The van der Waals surface area contributed by atoms with E-state index < -0.39 is 86.6 Å². The lowest BCUT2D eigenvalue weighted by molar-refractivity contribution is -0.355. The number of nitrogens with two attached hydrogens (primary N) is 1. The number of aliphatic hydroxyl groups excluding tert-OH is 8. The third-order valence-electron chi connectivity index (χ3n) is 6.41. The molecule has 0 radical (unpaired) electrons. The first kappa shape index (κ1) is 30.3. The average Bonchev–Trinajstić information content (AvgIpc) is 3.31. The van der Waals surface area contributed by atoms with Crippen molar-refractivity contribution in [3.8, 4) is 0 Å². The van der Waals surface area contributed by atoms with Gasteiger partial charge in [0.15, 0.2) is 12.6 Å². The maximum absolute atomic E-state index is 10.6. The highest BCUT2D eigenvalue weighted by atomic mass is 16.7. The molecule has 1 aromatic carbocycles. The third kappa shape index (κ3) is 6.66. The Morgan fingerprint density at radius 2 is 1.58 bits per heavy atom. The lowest BCUT2D eigenvalue weighted by Gasteiger charge is -2.45. The van der Waals surface area contributed by atoms with Crippen LogP contribution in [-0.2, 0) is 25.4 Å². The Labute approximate surface area is 216 Å². The van der Waals surface area contributed by atoms with Crippen LogP contribution in [0.5, 0.6) is 0 Å². The molecule has 3 unspecified atom stereocenters. The number of ether oxygens (including phenoxy) is 3. The number of carboxylic acid groups (broad SMARTS) is 1. The molecule has 0 aliphatic carbocycles. The Balaban J connectivity index is 0.000000230. The van der Waals surface area contributed by atoms with Gasteiger partial charge < -0.3 is 70.9 Å². The van der Waals surface area contributed by atoms with Crippen molar-refractivity contribution in [2.24, 2.45) is 5.73 Å². The fourth-order valence-electron chi connectivity index (χ4n) is 4.19. The number of aromatic amines is 1. The predicted octanol–water partition coefficient (Wildman–Crippen LogP) is -4.27. The van der Waals surface area contributed by atoms with Crippen molar-refractivity contribution in [3.05, 3.63) is 36.0 Å². The number of carbonyl (C=O) groups is 1. The number of rotatable bonds is 7. The molecule has 1 aromatic heterocycles. The summed E-state index contributed by atoms with van der Waals surface area (Å²) in [5.74, 6) is -0.972. The highest BCUT2D eigenvalue weighted by Gasteiger charge is 2.50. The molecule has 214 valence electrons. The van der Waals surface area contributed by atoms with Gasteiger partial charge in [0.25, 0.3) is 0 Å². The summed E-state index contributed by atoms with van der Waals surface area (Å²) >= 11 is 0. The average molecular weight is 547 g/mol. The molecule has 4 rings (SSSR count). The van der Waals surface area contributed by atoms with Gasteiger partial charge in [-0.15, -0.1) is 0 Å². The van der Waals surface area contributed by atoms with E-state index >= 15 is 0 Å². The van der Waals surface area contributed by atoms with Crippen LogP contribution in [-0.4, -0.2) is 138 Å². The van der Waals surface area contributed by atoms with Gasteiger partial charge in [0.1, 0.15) is 54.9 Å². The highest BCUT2D eigenvalue weighted by molar-refractivity contribution is 5.84. The van der Waals surface area contributed by atoms with Crippen LogP contribution in [0.2, 0.25) is 0 Å². The number of hydrogen-bond acceptors (Lipinski definition) is 13. The molecule has 15 nitrogen and oxygen atoms in total. The molecule has 15 heteroatoms. The maximum Gasteiger partial charge on any atom is 0.320 e. The Kier molecular flexibility index (Phi) is 10.5. The minimum atomic E-state index is -1.74. The second kappa shape index (κ2) is 13.2. The molecule has 0 amide bonds. The van der Waals surface area contributed by atoms with Crippen LogP contribution in [0.4, 0.5) is 0 Å². The molecule has 11 atom stereocenters. The van der Waals surface area contributed by atoms with Crippen LogP contribution in [0.25, 0.3) is 10.9 Å². The number of aliphatic carboxylic acids is 1. The van der Waals surface area contributed by atoms with Crippen LogP contribution in [0.3, 0.4) is 0 Å². The summed E-state index contributed by atoms with van der Waals surface area (Å²) in [5, 5.41) is 86.2. The van der Waals surface area contributed by atoms with Gasteiger partial charge >= 0.3 is 5.97 Å². The number of para-hydroxylation sites is 1. The van der Waals surface area contributed by atoms with E-state index in [0.717, 1.165) is 16.5 Å². The van der Waals surface area contributed by atoms with Crippen molar-refractivity contribution in [2.75, 3.05) is 13.2 Å². The van der Waals surface area contributed by atoms with Crippen LogP contribution in [0, 0.1) is 0 Å². The normalized spacial score (nSPS) is 36.3. The molecule has 12 N–H and O–H groups in total. The Morgan fingerprint density at radius 1 is 0.921 bits per heavy atom. The summed E-state index contributed by atoms with van der Waals surface area (Å²) in [6, 6.07) is 6.91. The molecule has 2 saturated heterocycles. The summed E-state index contributed by atoms with van der Waals surface area (Å²) in [7, 11) is 0. The molecule has 0 bridgehead atoms. The summed E-state index contributed by atoms with van der Waals surface area (Å²) in [6.07, 6.45) is -13.4. The maximum atomic E-state index is 10.6. The molecular formula is C23H34N2O13. The first-order valence-electron chi connectivity index (χ1n) is 11.8. The predicted molar refractivity (Wildman–Crippen MR) is 126 cm³/mol. The Bertz CT molecular complexity index is 1030. The molecule has 2 aliphatic rings. The van der Waals surface area contributed by atoms with E-state index in [-0.39, 0.29) is 0 Å². The minimum absolute atomic E-state index is 0.347. The van der Waals surface area contributed by atoms with E-state index in [1.165, 1.54) is 0 Å². The lowest BCUT2D eigenvalue weighted by Crippen LogP contribution is -2.64. The molecule has 38 heavy (non-hydrogen) atoms. The van der Waals surface area contributed by atoms with Gasteiger partial charge in [-0.3, -0.25) is 4.79 Å². The number of carboxylic acids is 1. The van der Waals surface area contributed by atoms with Crippen molar-refractivity contribution in [1.29, 1.82) is 0 Å².